The van der Waals surface area contributed by atoms with Gasteiger partial charge >= 0.3 is 21.1 Å². The number of fused-ring (bicyclic) bond motifs is 3. The molecule has 7 aromatic rings. The quantitative estimate of drug-likeness (QED) is 0.115. The van der Waals surface area contributed by atoms with Gasteiger partial charge in [-0.25, -0.2) is 4.98 Å². The zero-order chi connectivity index (χ0) is 36.5. The van der Waals surface area contributed by atoms with Crippen molar-refractivity contribution in [3.05, 3.63) is 125 Å². The number of aromatic nitrogens is 4. The molecule has 0 N–H and O–H groups in total. The molecule has 274 valence electrons. The van der Waals surface area contributed by atoms with Crippen LogP contribution in [-0.4, -0.2) is 26.4 Å². The Bertz CT molecular complexity index is 2350. The van der Waals surface area contributed by atoms with Gasteiger partial charge in [0.15, 0.2) is 0 Å². The van der Waals surface area contributed by atoms with Crippen LogP contribution in [0.3, 0.4) is 0 Å². The molecular weight excluding hydrogens is 836 g/mol. The Hall–Kier alpha value is -4.67. The average molecular weight is 884 g/mol. The van der Waals surface area contributed by atoms with Gasteiger partial charge in [0.05, 0.1) is 13.3 Å². The van der Waals surface area contributed by atoms with E-state index in [4.69, 9.17) is 14.6 Å². The molecule has 53 heavy (non-hydrogen) atoms. The first-order valence-corrected chi connectivity index (χ1v) is 18.6. The van der Waals surface area contributed by atoms with Gasteiger partial charge in [-0.2, -0.15) is 17.2 Å². The Morgan fingerprint density at radius 3 is 2.17 bits per heavy atom. The zero-order valence-electron chi connectivity index (χ0n) is 32.0. The molecule has 0 saturated heterocycles. The number of para-hydroxylation sites is 1. The molecule has 0 amide bonds. The molecule has 3 aromatic heterocycles. The van der Waals surface area contributed by atoms with Crippen molar-refractivity contribution >= 4 is 21.8 Å². The number of benzene rings is 4. The van der Waals surface area contributed by atoms with E-state index in [2.05, 4.69) is 101 Å². The molecule has 7 heteroatoms. The van der Waals surface area contributed by atoms with Gasteiger partial charge in [-0.05, 0) is 102 Å². The Labute approximate surface area is 328 Å². The fraction of sp³-hybridized carbons (Fsp3) is 0.304. The summed E-state index contributed by atoms with van der Waals surface area (Å²) in [4.78, 5) is 4.68. The zero-order valence-corrected chi connectivity index (χ0v) is 34.3. The summed E-state index contributed by atoms with van der Waals surface area (Å²) in [6.45, 7) is 16.3. The van der Waals surface area contributed by atoms with Crippen LogP contribution in [0.2, 0.25) is 0 Å². The second kappa shape index (κ2) is 16.1. The van der Waals surface area contributed by atoms with E-state index in [1.165, 1.54) is 33.4 Å². The van der Waals surface area contributed by atoms with Crippen LogP contribution in [0.4, 0.5) is 0 Å². The molecule has 0 saturated carbocycles. The van der Waals surface area contributed by atoms with Gasteiger partial charge in [0.2, 0.25) is 0 Å². The van der Waals surface area contributed by atoms with Gasteiger partial charge < -0.3 is 14.0 Å². The molecule has 2 unspecified atom stereocenters. The summed E-state index contributed by atoms with van der Waals surface area (Å²) in [5, 5.41) is 7.09. The normalized spacial score (nSPS) is 12.5. The summed E-state index contributed by atoms with van der Waals surface area (Å²) in [5.74, 6) is 3.56. The standard InChI is InChI=1S/C46H48N4O2.Pt/c1-9-14-29(3)44-32(6)31(5)33(7)45(30(4)15-10-2)46(44)34-27-48-49(28-34)35-16-13-17-37(24-35)52-38-20-21-40-39-18-11-12-19-41(39)50(42(40)25-38)43-26-36(51-8)22-23-47-43;/h11-13,16-23,26-30H,9-10,14-15H2,1-8H3;/q-2;+2. The monoisotopic (exact) mass is 883 g/mol. The summed E-state index contributed by atoms with van der Waals surface area (Å²) >= 11 is 0. The average Bonchev–Trinajstić information content (AvgIpc) is 3.77. The van der Waals surface area contributed by atoms with Crippen LogP contribution in [0.25, 0.3) is 44.4 Å². The Balaban J connectivity index is 0.00000481. The van der Waals surface area contributed by atoms with Gasteiger partial charge in [0.25, 0.3) is 0 Å². The van der Waals surface area contributed by atoms with E-state index in [1.54, 1.807) is 13.3 Å². The number of hydrogen-bond donors (Lipinski definition) is 0. The third-order valence-corrected chi connectivity index (χ3v) is 10.7. The van der Waals surface area contributed by atoms with Crippen LogP contribution >= 0.6 is 0 Å². The molecule has 0 radical (unpaired) electrons. The molecule has 4 aromatic carbocycles. The first-order valence-electron chi connectivity index (χ1n) is 18.6. The smallest absolute Gasteiger partial charge is 0.509 e. The third-order valence-electron chi connectivity index (χ3n) is 10.7. The maximum atomic E-state index is 6.46. The molecular formula is C46H48N4O2Pt. The number of methoxy groups -OCH3 is 1. The van der Waals surface area contributed by atoms with E-state index in [0.29, 0.717) is 23.3 Å². The second-order valence-corrected chi connectivity index (χ2v) is 14.1. The predicted octanol–water partition coefficient (Wildman–Crippen LogP) is 12.2. The van der Waals surface area contributed by atoms with Crippen LogP contribution in [-0.2, 0) is 21.1 Å². The van der Waals surface area contributed by atoms with Crippen molar-refractivity contribution in [2.24, 2.45) is 0 Å². The fourth-order valence-corrected chi connectivity index (χ4v) is 8.06. The van der Waals surface area contributed by atoms with Crippen molar-refractivity contribution < 1.29 is 30.5 Å². The molecule has 0 bridgehead atoms. The second-order valence-electron chi connectivity index (χ2n) is 14.1. The summed E-state index contributed by atoms with van der Waals surface area (Å²) in [6.07, 6.45) is 10.6. The molecule has 0 aliphatic heterocycles. The molecule has 2 atom stereocenters. The number of pyridine rings is 1. The van der Waals surface area contributed by atoms with E-state index in [-0.39, 0.29) is 21.1 Å². The summed E-state index contributed by atoms with van der Waals surface area (Å²) < 4.78 is 16.0. The summed E-state index contributed by atoms with van der Waals surface area (Å²) in [5.41, 5.74) is 12.4. The van der Waals surface area contributed by atoms with Crippen LogP contribution in [0.5, 0.6) is 17.2 Å². The van der Waals surface area contributed by atoms with E-state index in [9.17, 15) is 0 Å². The molecule has 3 heterocycles. The van der Waals surface area contributed by atoms with Gasteiger partial charge in [0.1, 0.15) is 11.6 Å². The molecule has 7 rings (SSSR count). The van der Waals surface area contributed by atoms with E-state index < -0.39 is 0 Å². The van der Waals surface area contributed by atoms with Gasteiger partial charge in [-0.15, -0.1) is 35.7 Å². The molecule has 0 fully saturated rings. The van der Waals surface area contributed by atoms with Crippen molar-refractivity contribution in [2.45, 2.75) is 86.0 Å². The van der Waals surface area contributed by atoms with Crippen LogP contribution in [0.1, 0.15) is 93.0 Å². The Morgan fingerprint density at radius 2 is 1.47 bits per heavy atom. The minimum atomic E-state index is 0. The van der Waals surface area contributed by atoms with Crippen molar-refractivity contribution in [3.8, 4) is 39.9 Å². The topological polar surface area (TPSA) is 54.1 Å². The van der Waals surface area contributed by atoms with E-state index in [1.807, 2.05) is 53.3 Å². The van der Waals surface area contributed by atoms with Crippen LogP contribution < -0.4 is 9.47 Å². The largest absolute Gasteiger partial charge is 2.00 e. The number of ether oxygens (including phenoxy) is 2. The number of nitrogens with zero attached hydrogens (tertiary/aromatic N) is 4. The molecule has 6 nitrogen and oxygen atoms in total. The first kappa shape index (κ1) is 38.1. The number of rotatable bonds is 12. The van der Waals surface area contributed by atoms with Crippen molar-refractivity contribution in [1.82, 2.24) is 19.3 Å². The maximum absolute atomic E-state index is 6.46. The van der Waals surface area contributed by atoms with Gasteiger partial charge in [-0.3, -0.25) is 4.68 Å². The molecule has 0 aliphatic carbocycles. The minimum absolute atomic E-state index is 0. The summed E-state index contributed by atoms with van der Waals surface area (Å²) in [7, 11) is 1.67. The summed E-state index contributed by atoms with van der Waals surface area (Å²) in [6, 6.07) is 29.1. The van der Waals surface area contributed by atoms with Crippen molar-refractivity contribution in [2.75, 3.05) is 7.11 Å². The van der Waals surface area contributed by atoms with Crippen molar-refractivity contribution in [3.63, 3.8) is 0 Å². The van der Waals surface area contributed by atoms with Crippen molar-refractivity contribution in [1.29, 1.82) is 0 Å². The maximum Gasteiger partial charge on any atom is 2.00 e. The van der Waals surface area contributed by atoms with Gasteiger partial charge in [-0.1, -0.05) is 64.3 Å². The fourth-order valence-electron chi connectivity index (χ4n) is 8.06. The number of hydrogen-bond acceptors (Lipinski definition) is 4. The van der Waals surface area contributed by atoms with Gasteiger partial charge in [0, 0.05) is 41.0 Å². The van der Waals surface area contributed by atoms with E-state index in [0.717, 1.165) is 70.3 Å². The van der Waals surface area contributed by atoms with Crippen LogP contribution in [0, 0.1) is 32.9 Å². The SMILES string of the molecule is CCCC(C)c1c(C)c(C)c(C)c(C(C)CCC)c1-c1cnn(-c2[c-]c(Oc3[c-]c4c(cc3)c3ccccc3n4-c3cc(OC)ccn3)ccc2)c1.[Pt+2]. The Morgan fingerprint density at radius 1 is 0.774 bits per heavy atom. The first-order chi connectivity index (χ1) is 25.2. The molecule has 0 spiro atoms. The van der Waals surface area contributed by atoms with Crippen LogP contribution in [0.15, 0.2) is 85.3 Å². The molecule has 0 aliphatic rings. The minimum Gasteiger partial charge on any atom is -0.509 e. The van der Waals surface area contributed by atoms with E-state index >= 15 is 0 Å². The third kappa shape index (κ3) is 7.19. The predicted molar refractivity (Wildman–Crippen MR) is 213 cm³/mol. The Kier molecular flexibility index (Phi) is 11.6.